The highest BCUT2D eigenvalue weighted by atomic mass is 31.0. The molecule has 0 fully saturated rings. The number of rotatable bonds is 2. The SMILES string of the molecule is CCN(C(=O)P)C1=CC(=O)C=CC1=O. The smallest absolute Gasteiger partial charge is 0.241 e. The van der Waals surface area contributed by atoms with Gasteiger partial charge < -0.3 is 4.90 Å². The Bertz CT molecular complexity index is 357. The quantitative estimate of drug-likeness (QED) is 0.503. The van der Waals surface area contributed by atoms with Gasteiger partial charge in [0.1, 0.15) is 0 Å². The first-order valence-corrected chi connectivity index (χ1v) is 4.69. The second-order valence-corrected chi connectivity index (χ2v) is 3.21. The van der Waals surface area contributed by atoms with Crippen molar-refractivity contribution in [3.8, 4) is 0 Å². The van der Waals surface area contributed by atoms with Crippen molar-refractivity contribution >= 4 is 26.5 Å². The predicted octanol–water partition coefficient (Wildman–Crippen LogP) is 0.895. The van der Waals surface area contributed by atoms with Crippen LogP contribution in [0.25, 0.3) is 0 Å². The van der Waals surface area contributed by atoms with Crippen LogP contribution in [0.3, 0.4) is 0 Å². The molecule has 14 heavy (non-hydrogen) atoms. The van der Waals surface area contributed by atoms with E-state index in [1.807, 2.05) is 9.24 Å². The molecule has 0 heterocycles. The number of nitrogens with zero attached hydrogens (tertiary/aromatic N) is 1. The summed E-state index contributed by atoms with van der Waals surface area (Å²) in [6.45, 7) is 2.10. The van der Waals surface area contributed by atoms with Crippen LogP contribution in [0.15, 0.2) is 23.9 Å². The molecule has 0 saturated carbocycles. The number of carbonyl (C=O) groups excluding carboxylic acids is 3. The molecular weight excluding hydrogens is 201 g/mol. The Balaban J connectivity index is 3.00. The van der Waals surface area contributed by atoms with Crippen LogP contribution in [0.5, 0.6) is 0 Å². The molecule has 1 unspecified atom stereocenters. The van der Waals surface area contributed by atoms with Gasteiger partial charge >= 0.3 is 0 Å². The van der Waals surface area contributed by atoms with Crippen LogP contribution in [0.2, 0.25) is 0 Å². The summed E-state index contributed by atoms with van der Waals surface area (Å²) in [6, 6.07) is 0. The topological polar surface area (TPSA) is 54.5 Å². The molecule has 1 amide bonds. The van der Waals surface area contributed by atoms with Gasteiger partial charge in [-0.05, 0) is 28.3 Å². The fraction of sp³-hybridized carbons (Fsp3) is 0.222. The fourth-order valence-corrected chi connectivity index (χ4v) is 1.47. The van der Waals surface area contributed by atoms with Gasteiger partial charge in [-0.25, -0.2) is 0 Å². The van der Waals surface area contributed by atoms with Crippen molar-refractivity contribution in [1.82, 2.24) is 4.90 Å². The van der Waals surface area contributed by atoms with Crippen LogP contribution in [0, 0.1) is 0 Å². The lowest BCUT2D eigenvalue weighted by Gasteiger charge is -2.21. The van der Waals surface area contributed by atoms with Crippen LogP contribution < -0.4 is 0 Å². The van der Waals surface area contributed by atoms with E-state index in [2.05, 4.69) is 0 Å². The number of hydrogen-bond acceptors (Lipinski definition) is 3. The number of likely N-dealkylation sites (N-methyl/N-ethyl adjacent to an activating group) is 1. The molecule has 0 aromatic heterocycles. The van der Waals surface area contributed by atoms with Crippen LogP contribution >= 0.6 is 9.24 Å². The van der Waals surface area contributed by atoms with Crippen molar-refractivity contribution in [2.75, 3.05) is 6.54 Å². The van der Waals surface area contributed by atoms with Gasteiger partial charge in [-0.1, -0.05) is 0 Å². The lowest BCUT2D eigenvalue weighted by Crippen LogP contribution is -2.30. The summed E-state index contributed by atoms with van der Waals surface area (Å²) < 4.78 is 0. The largest absolute Gasteiger partial charge is 0.306 e. The number of allylic oxidation sites excluding steroid dienone is 3. The van der Waals surface area contributed by atoms with E-state index in [0.29, 0.717) is 6.54 Å². The maximum absolute atomic E-state index is 11.3. The van der Waals surface area contributed by atoms with Crippen molar-refractivity contribution in [3.05, 3.63) is 23.9 Å². The number of carbonyl (C=O) groups is 3. The molecule has 5 heteroatoms. The van der Waals surface area contributed by atoms with Crippen LogP contribution in [0.4, 0.5) is 4.79 Å². The van der Waals surface area contributed by atoms with Crippen molar-refractivity contribution in [2.24, 2.45) is 0 Å². The van der Waals surface area contributed by atoms with Crippen molar-refractivity contribution in [1.29, 1.82) is 0 Å². The summed E-state index contributed by atoms with van der Waals surface area (Å²) in [7, 11) is 1.98. The minimum Gasteiger partial charge on any atom is -0.306 e. The van der Waals surface area contributed by atoms with E-state index in [1.54, 1.807) is 6.92 Å². The molecule has 1 atom stereocenters. The van der Waals surface area contributed by atoms with Gasteiger partial charge in [0.2, 0.25) is 11.4 Å². The van der Waals surface area contributed by atoms with E-state index in [4.69, 9.17) is 0 Å². The summed E-state index contributed by atoms with van der Waals surface area (Å²) in [4.78, 5) is 34.7. The zero-order valence-corrected chi connectivity index (χ0v) is 8.84. The molecule has 4 nitrogen and oxygen atoms in total. The Kier molecular flexibility index (Phi) is 3.31. The molecule has 0 N–H and O–H groups in total. The highest BCUT2D eigenvalue weighted by Crippen LogP contribution is 2.14. The Morgan fingerprint density at radius 2 is 2.07 bits per heavy atom. The molecule has 1 rings (SSSR count). The lowest BCUT2D eigenvalue weighted by molar-refractivity contribution is -0.115. The molecule has 0 aromatic carbocycles. The first-order chi connectivity index (χ1) is 6.56. The van der Waals surface area contributed by atoms with Crippen LogP contribution in [-0.2, 0) is 9.59 Å². The molecule has 74 valence electrons. The molecule has 0 spiro atoms. The van der Waals surface area contributed by atoms with Gasteiger partial charge in [0.15, 0.2) is 5.78 Å². The number of amides is 1. The van der Waals surface area contributed by atoms with Crippen molar-refractivity contribution < 1.29 is 14.4 Å². The van der Waals surface area contributed by atoms with Gasteiger partial charge in [-0.15, -0.1) is 0 Å². The average molecular weight is 211 g/mol. The highest BCUT2D eigenvalue weighted by Gasteiger charge is 2.21. The molecule has 0 bridgehead atoms. The first-order valence-electron chi connectivity index (χ1n) is 4.11. The molecule has 0 radical (unpaired) electrons. The van der Waals surface area contributed by atoms with E-state index in [0.717, 1.165) is 0 Å². The van der Waals surface area contributed by atoms with Gasteiger partial charge in [0.05, 0.1) is 5.70 Å². The summed E-state index contributed by atoms with van der Waals surface area (Å²) in [5.74, 6) is -0.591. The van der Waals surface area contributed by atoms with Gasteiger partial charge in [-0.3, -0.25) is 14.4 Å². The molecule has 1 aliphatic carbocycles. The zero-order valence-electron chi connectivity index (χ0n) is 7.69. The fourth-order valence-electron chi connectivity index (χ4n) is 1.15. The molecule has 0 aliphatic heterocycles. The van der Waals surface area contributed by atoms with Crippen molar-refractivity contribution in [2.45, 2.75) is 6.92 Å². The lowest BCUT2D eigenvalue weighted by atomic mass is 10.1. The van der Waals surface area contributed by atoms with E-state index in [9.17, 15) is 14.4 Å². The maximum Gasteiger partial charge on any atom is 0.241 e. The first kappa shape index (κ1) is 10.8. The predicted molar refractivity (Wildman–Crippen MR) is 54.7 cm³/mol. The van der Waals surface area contributed by atoms with E-state index < -0.39 is 0 Å². The Morgan fingerprint density at radius 3 is 2.57 bits per heavy atom. The second-order valence-electron chi connectivity index (χ2n) is 2.71. The number of ketones is 2. The number of hydrogen-bond donors (Lipinski definition) is 0. The summed E-state index contributed by atoms with van der Waals surface area (Å²) in [6.07, 6.45) is 3.54. The van der Waals surface area contributed by atoms with Gasteiger partial charge in [0, 0.05) is 12.6 Å². The summed E-state index contributed by atoms with van der Waals surface area (Å²) in [5, 5.41) is 0. The van der Waals surface area contributed by atoms with Gasteiger partial charge in [0.25, 0.3) is 0 Å². The molecule has 1 aliphatic rings. The average Bonchev–Trinajstić information content (AvgIpc) is 2.11. The minimum absolute atomic E-state index is 0.139. The Hall–Kier alpha value is -1.28. The third-order valence-electron chi connectivity index (χ3n) is 1.80. The monoisotopic (exact) mass is 211 g/mol. The second kappa shape index (κ2) is 4.29. The summed E-state index contributed by atoms with van der Waals surface area (Å²) in [5.41, 5.74) is -0.185. The maximum atomic E-state index is 11.3. The summed E-state index contributed by atoms with van der Waals surface area (Å²) >= 11 is 0. The van der Waals surface area contributed by atoms with E-state index in [-0.39, 0.29) is 22.9 Å². The Labute approximate surface area is 83.8 Å². The molecule has 0 aromatic rings. The van der Waals surface area contributed by atoms with E-state index in [1.165, 1.54) is 23.1 Å². The van der Waals surface area contributed by atoms with Crippen LogP contribution in [-0.4, -0.2) is 28.7 Å². The highest BCUT2D eigenvalue weighted by molar-refractivity contribution is 7.39. The third-order valence-corrected chi connectivity index (χ3v) is 2.12. The molecule has 0 saturated heterocycles. The molecular formula is C9H10NO3P. The van der Waals surface area contributed by atoms with Crippen LogP contribution in [0.1, 0.15) is 6.92 Å². The normalized spacial score (nSPS) is 15.4. The van der Waals surface area contributed by atoms with Crippen molar-refractivity contribution in [3.63, 3.8) is 0 Å². The van der Waals surface area contributed by atoms with Gasteiger partial charge in [-0.2, -0.15) is 0 Å². The minimum atomic E-state index is -0.324. The van der Waals surface area contributed by atoms with E-state index >= 15 is 0 Å². The Morgan fingerprint density at radius 1 is 1.43 bits per heavy atom. The third kappa shape index (κ3) is 2.15. The standard InChI is InChI=1S/C9H10NO3P/c1-2-10(9(13)14)7-5-6(11)3-4-8(7)12/h3-5H,2,14H2,1H3. The zero-order chi connectivity index (χ0) is 10.7.